The summed E-state index contributed by atoms with van der Waals surface area (Å²) in [6, 6.07) is 4.19. The van der Waals surface area contributed by atoms with E-state index in [1.807, 2.05) is 6.08 Å². The second-order valence-electron chi connectivity index (χ2n) is 3.17. The van der Waals surface area contributed by atoms with E-state index in [4.69, 9.17) is 11.6 Å². The Bertz CT molecular complexity index is 385. The van der Waals surface area contributed by atoms with Gasteiger partial charge in [-0.25, -0.2) is 4.39 Å². The van der Waals surface area contributed by atoms with Crippen LogP contribution in [0.15, 0.2) is 24.3 Å². The van der Waals surface area contributed by atoms with Crippen molar-refractivity contribution in [1.82, 2.24) is 0 Å². The Morgan fingerprint density at radius 3 is 2.87 bits per heavy atom. The van der Waals surface area contributed by atoms with Crippen molar-refractivity contribution >= 4 is 23.5 Å². The van der Waals surface area contributed by atoms with E-state index >= 15 is 0 Å². The molecule has 0 N–H and O–H groups in total. The Hall–Kier alpha value is -1.15. The Morgan fingerprint density at radius 1 is 1.53 bits per heavy atom. The van der Waals surface area contributed by atoms with Gasteiger partial charge in [0.15, 0.2) is 5.78 Å². The molecule has 0 aliphatic heterocycles. The van der Waals surface area contributed by atoms with Crippen molar-refractivity contribution < 1.29 is 9.18 Å². The number of carbonyl (C=O) groups excluding carboxylic acids is 1. The van der Waals surface area contributed by atoms with Crippen LogP contribution < -0.4 is 0 Å². The molecule has 0 atom stereocenters. The number of benzene rings is 1. The van der Waals surface area contributed by atoms with Gasteiger partial charge in [-0.15, -0.1) is 11.6 Å². The summed E-state index contributed by atoms with van der Waals surface area (Å²) in [7, 11) is 0. The number of carbonyl (C=O) groups is 1. The first kappa shape index (κ1) is 11.9. The summed E-state index contributed by atoms with van der Waals surface area (Å²) in [6.45, 7) is 1.42. The minimum atomic E-state index is -0.394. The van der Waals surface area contributed by atoms with Crippen molar-refractivity contribution in [2.45, 2.75) is 13.3 Å². The predicted molar refractivity (Wildman–Crippen MR) is 60.8 cm³/mol. The van der Waals surface area contributed by atoms with Gasteiger partial charge < -0.3 is 0 Å². The molecule has 0 aliphatic carbocycles. The molecule has 1 aromatic rings. The maximum absolute atomic E-state index is 12.9. The molecule has 1 rings (SSSR count). The third kappa shape index (κ3) is 3.48. The number of allylic oxidation sites excluding steroid dienone is 1. The van der Waals surface area contributed by atoms with Crippen LogP contribution in [0.4, 0.5) is 4.39 Å². The molecule has 0 aromatic heterocycles. The second-order valence-corrected chi connectivity index (χ2v) is 3.55. The Morgan fingerprint density at radius 2 is 2.27 bits per heavy atom. The van der Waals surface area contributed by atoms with E-state index in [0.717, 1.165) is 12.0 Å². The van der Waals surface area contributed by atoms with Crippen molar-refractivity contribution in [1.29, 1.82) is 0 Å². The highest BCUT2D eigenvalue weighted by Crippen LogP contribution is 2.14. The molecule has 0 saturated heterocycles. The second kappa shape index (κ2) is 5.66. The van der Waals surface area contributed by atoms with Crippen LogP contribution >= 0.6 is 11.6 Å². The number of rotatable bonds is 4. The number of alkyl halides is 1. The highest BCUT2D eigenvalue weighted by Gasteiger charge is 2.05. The molecule has 80 valence electrons. The van der Waals surface area contributed by atoms with Crippen LogP contribution in [0.5, 0.6) is 0 Å². The van der Waals surface area contributed by atoms with Crippen LogP contribution in [-0.4, -0.2) is 11.7 Å². The van der Waals surface area contributed by atoms with Crippen molar-refractivity contribution in [3.63, 3.8) is 0 Å². The maximum atomic E-state index is 12.9. The van der Waals surface area contributed by atoms with Crippen molar-refractivity contribution in [3.8, 4) is 0 Å². The lowest BCUT2D eigenvalue weighted by Gasteiger charge is -2.01. The smallest absolute Gasteiger partial charge is 0.160 e. The minimum Gasteiger partial charge on any atom is -0.294 e. The molecule has 0 bridgehead atoms. The predicted octanol–water partition coefficient (Wildman–Crippen LogP) is 3.67. The SMILES string of the molecule is CC(=O)c1cc(F)ccc1C=CCCCl. The lowest BCUT2D eigenvalue weighted by atomic mass is 10.0. The number of halogens is 2. The molecule has 0 spiro atoms. The molecule has 0 fully saturated rings. The third-order valence-corrected chi connectivity index (χ3v) is 2.19. The maximum Gasteiger partial charge on any atom is 0.160 e. The zero-order valence-electron chi connectivity index (χ0n) is 8.47. The number of hydrogen-bond donors (Lipinski definition) is 0. The van der Waals surface area contributed by atoms with Gasteiger partial charge in [0.25, 0.3) is 0 Å². The lowest BCUT2D eigenvalue weighted by Crippen LogP contribution is -1.96. The minimum absolute atomic E-state index is 0.139. The first-order valence-corrected chi connectivity index (χ1v) is 5.21. The van der Waals surface area contributed by atoms with Crippen LogP contribution in [0, 0.1) is 5.82 Å². The van der Waals surface area contributed by atoms with E-state index < -0.39 is 5.82 Å². The van der Waals surface area contributed by atoms with Gasteiger partial charge in [-0.3, -0.25) is 4.79 Å². The molecule has 0 unspecified atom stereocenters. The molecule has 0 saturated carbocycles. The molecular weight excluding hydrogens is 215 g/mol. The Kier molecular flexibility index (Phi) is 4.50. The van der Waals surface area contributed by atoms with Crippen LogP contribution in [0.25, 0.3) is 6.08 Å². The zero-order valence-corrected chi connectivity index (χ0v) is 9.22. The van der Waals surface area contributed by atoms with Crippen LogP contribution in [0.1, 0.15) is 29.3 Å². The summed E-state index contributed by atoms with van der Waals surface area (Å²) in [5.41, 5.74) is 1.13. The number of ketones is 1. The summed E-state index contributed by atoms with van der Waals surface area (Å²) in [5, 5.41) is 0. The Balaban J connectivity index is 3.01. The van der Waals surface area contributed by atoms with Crippen LogP contribution in [0.3, 0.4) is 0 Å². The normalized spacial score (nSPS) is 10.9. The van der Waals surface area contributed by atoms with E-state index in [1.165, 1.54) is 19.1 Å². The summed E-state index contributed by atoms with van der Waals surface area (Å²) < 4.78 is 12.9. The molecule has 15 heavy (non-hydrogen) atoms. The molecule has 0 amide bonds. The molecule has 0 radical (unpaired) electrons. The fourth-order valence-corrected chi connectivity index (χ4v) is 1.38. The summed E-state index contributed by atoms with van der Waals surface area (Å²) in [4.78, 5) is 11.2. The first-order chi connectivity index (χ1) is 7.15. The zero-order chi connectivity index (χ0) is 11.3. The highest BCUT2D eigenvalue weighted by molar-refractivity contribution is 6.17. The van der Waals surface area contributed by atoms with Crippen molar-refractivity contribution in [3.05, 3.63) is 41.2 Å². The number of Topliss-reactive ketones (excluding diaryl/α,β-unsaturated/α-hetero) is 1. The average molecular weight is 227 g/mol. The summed E-state index contributed by atoms with van der Waals surface area (Å²) in [6.07, 6.45) is 4.39. The van der Waals surface area contributed by atoms with Gasteiger partial charge in [-0.1, -0.05) is 18.2 Å². The monoisotopic (exact) mass is 226 g/mol. The molecule has 0 heterocycles. The molecular formula is C12H12ClFO. The van der Waals surface area contributed by atoms with Gasteiger partial charge >= 0.3 is 0 Å². The fraction of sp³-hybridized carbons (Fsp3) is 0.250. The van der Waals surface area contributed by atoms with Gasteiger partial charge in [0.1, 0.15) is 5.82 Å². The van der Waals surface area contributed by atoms with Gasteiger partial charge in [0.2, 0.25) is 0 Å². The van der Waals surface area contributed by atoms with Crippen LogP contribution in [0.2, 0.25) is 0 Å². The largest absolute Gasteiger partial charge is 0.294 e. The van der Waals surface area contributed by atoms with Crippen LogP contribution in [-0.2, 0) is 0 Å². The van der Waals surface area contributed by atoms with E-state index in [2.05, 4.69) is 0 Å². The summed E-state index contributed by atoms with van der Waals surface area (Å²) in [5.74, 6) is 0.00215. The summed E-state index contributed by atoms with van der Waals surface area (Å²) >= 11 is 5.52. The van der Waals surface area contributed by atoms with E-state index in [1.54, 1.807) is 12.1 Å². The van der Waals surface area contributed by atoms with Gasteiger partial charge in [0, 0.05) is 11.4 Å². The van der Waals surface area contributed by atoms with E-state index in [0.29, 0.717) is 11.4 Å². The topological polar surface area (TPSA) is 17.1 Å². The van der Waals surface area contributed by atoms with Gasteiger partial charge in [-0.2, -0.15) is 0 Å². The molecule has 1 nitrogen and oxygen atoms in total. The van der Waals surface area contributed by atoms with Crippen molar-refractivity contribution in [2.24, 2.45) is 0 Å². The van der Waals surface area contributed by atoms with E-state index in [9.17, 15) is 9.18 Å². The number of hydrogen-bond acceptors (Lipinski definition) is 1. The third-order valence-electron chi connectivity index (χ3n) is 1.97. The fourth-order valence-electron chi connectivity index (χ4n) is 1.25. The average Bonchev–Trinajstić information content (AvgIpc) is 2.20. The van der Waals surface area contributed by atoms with Crippen molar-refractivity contribution in [2.75, 3.05) is 5.88 Å². The van der Waals surface area contributed by atoms with Gasteiger partial charge in [0.05, 0.1) is 0 Å². The molecule has 3 heteroatoms. The first-order valence-electron chi connectivity index (χ1n) is 4.68. The quantitative estimate of drug-likeness (QED) is 0.566. The highest BCUT2D eigenvalue weighted by atomic mass is 35.5. The standard InChI is InChI=1S/C12H12ClFO/c1-9(15)12-8-11(14)6-5-10(12)4-2-3-7-13/h2,4-6,8H,3,7H2,1H3. The lowest BCUT2D eigenvalue weighted by molar-refractivity contribution is 0.101. The molecule has 1 aromatic carbocycles. The Labute approximate surface area is 93.6 Å². The van der Waals surface area contributed by atoms with Gasteiger partial charge in [-0.05, 0) is 31.0 Å². The molecule has 0 aliphatic rings. The van der Waals surface area contributed by atoms with E-state index in [-0.39, 0.29) is 5.78 Å².